The van der Waals surface area contributed by atoms with Gasteiger partial charge >= 0.3 is 0 Å². The van der Waals surface area contributed by atoms with Crippen molar-refractivity contribution >= 4 is 10.1 Å². The largest absolute Gasteiger partial charge is 0.331 e. The molecule has 0 saturated carbocycles. The Labute approximate surface area is 184 Å². The lowest BCUT2D eigenvalue weighted by atomic mass is 10.0. The highest BCUT2D eigenvalue weighted by molar-refractivity contribution is 7.85. The Balaban J connectivity index is -0.000000623. The molecule has 5 nitrogen and oxygen atoms in total. The molecule has 0 atom stereocenters. The van der Waals surface area contributed by atoms with E-state index in [0.29, 0.717) is 6.26 Å². The van der Waals surface area contributed by atoms with Crippen LogP contribution in [-0.2, 0) is 10.1 Å². The van der Waals surface area contributed by atoms with Gasteiger partial charge < -0.3 is 9.38 Å². The van der Waals surface area contributed by atoms with Crippen LogP contribution >= 0.6 is 0 Å². The lowest BCUT2D eigenvalue weighted by Crippen LogP contribution is -2.35. The van der Waals surface area contributed by atoms with Gasteiger partial charge in [-0.25, -0.2) is 0 Å². The molecule has 180 valence electrons. The average Bonchev–Trinajstić information content (AvgIpc) is 2.52. The third-order valence-electron chi connectivity index (χ3n) is 4.18. The lowest BCUT2D eigenvalue weighted by Gasteiger charge is -2.23. The first-order valence-corrected chi connectivity index (χ1v) is 13.5. The van der Waals surface area contributed by atoms with Crippen LogP contribution in [0.5, 0.6) is 0 Å². The maximum absolute atomic E-state index is 9.19. The molecule has 0 aromatic carbocycles. The van der Waals surface area contributed by atoms with Crippen molar-refractivity contribution in [2.45, 2.75) is 96.8 Å². The SMILES string of the molecule is CCCCCCCCCCCCCCCC[N+](C)(C)C.CN(C)C.CS(=O)(=O)O. The first-order chi connectivity index (χ1) is 13.3. The van der Waals surface area contributed by atoms with Crippen molar-refractivity contribution in [2.75, 3.05) is 55.1 Å². The van der Waals surface area contributed by atoms with Crippen LogP contribution in [0, 0.1) is 0 Å². The van der Waals surface area contributed by atoms with Gasteiger partial charge in [0.1, 0.15) is 0 Å². The Hall–Kier alpha value is -0.170. The van der Waals surface area contributed by atoms with Crippen LogP contribution in [0.3, 0.4) is 0 Å². The molecule has 1 N–H and O–H groups in total. The molecule has 0 rings (SSSR count). The molecular weight excluding hydrogens is 384 g/mol. The van der Waals surface area contributed by atoms with Gasteiger partial charge in [-0.1, -0.05) is 84.0 Å². The zero-order valence-corrected chi connectivity index (χ0v) is 22.0. The van der Waals surface area contributed by atoms with Gasteiger partial charge in [0.25, 0.3) is 10.1 Å². The number of hydrogen-bond donors (Lipinski definition) is 1. The van der Waals surface area contributed by atoms with E-state index < -0.39 is 10.1 Å². The van der Waals surface area contributed by atoms with Crippen molar-refractivity contribution in [2.24, 2.45) is 0 Å². The fraction of sp³-hybridized carbons (Fsp3) is 1.00. The van der Waals surface area contributed by atoms with E-state index in [1.807, 2.05) is 26.0 Å². The van der Waals surface area contributed by atoms with Crippen LogP contribution in [0.1, 0.15) is 96.8 Å². The predicted octanol–water partition coefficient (Wildman–Crippen LogP) is 5.86. The summed E-state index contributed by atoms with van der Waals surface area (Å²) >= 11 is 0. The summed E-state index contributed by atoms with van der Waals surface area (Å²) in [5.74, 6) is 0. The van der Waals surface area contributed by atoms with Crippen molar-refractivity contribution in [1.29, 1.82) is 0 Å². The van der Waals surface area contributed by atoms with Crippen LogP contribution in [0.15, 0.2) is 0 Å². The molecule has 29 heavy (non-hydrogen) atoms. The number of quaternary nitrogens is 1. The standard InChI is InChI=1S/C19H42N.C3H9N.CH4O3S/c1-5-6-7-8-9-10-11-12-13-14-15-16-17-18-19-20(2,3)4;1-4(2)3;1-5(2,3)4/h5-19H2,1-4H3;1-3H3;1H3,(H,2,3,4)/q+1;;. The van der Waals surface area contributed by atoms with E-state index in [-0.39, 0.29) is 0 Å². The molecule has 0 aromatic rings. The normalized spacial score (nSPS) is 11.5. The van der Waals surface area contributed by atoms with E-state index in [9.17, 15) is 8.42 Å². The Kier molecular flexibility index (Phi) is 26.0. The van der Waals surface area contributed by atoms with Crippen LogP contribution in [0.25, 0.3) is 0 Å². The van der Waals surface area contributed by atoms with Crippen molar-refractivity contribution in [3.8, 4) is 0 Å². The Morgan fingerprint density at radius 3 is 1.07 bits per heavy atom. The zero-order valence-electron chi connectivity index (χ0n) is 21.2. The molecule has 0 aliphatic heterocycles. The van der Waals surface area contributed by atoms with Crippen LogP contribution in [0.4, 0.5) is 0 Å². The molecular formula is C23H55N2O3S+. The summed E-state index contributed by atoms with van der Waals surface area (Å²) in [6.45, 7) is 3.63. The van der Waals surface area contributed by atoms with Crippen molar-refractivity contribution in [3.63, 3.8) is 0 Å². The molecule has 0 amide bonds. The predicted molar refractivity (Wildman–Crippen MR) is 130 cm³/mol. The minimum Gasteiger partial charge on any atom is -0.331 e. The minimum absolute atomic E-state index is 0.715. The third-order valence-corrected chi connectivity index (χ3v) is 4.18. The van der Waals surface area contributed by atoms with E-state index in [1.54, 1.807) is 0 Å². The minimum atomic E-state index is -3.67. The summed E-state index contributed by atoms with van der Waals surface area (Å²) in [7, 11) is 9.22. The second kappa shape index (κ2) is 22.5. The van der Waals surface area contributed by atoms with Gasteiger partial charge in [0.05, 0.1) is 33.9 Å². The fourth-order valence-corrected chi connectivity index (χ4v) is 2.78. The smallest absolute Gasteiger partial charge is 0.261 e. The molecule has 0 radical (unpaired) electrons. The molecule has 0 bridgehead atoms. The Morgan fingerprint density at radius 1 is 0.655 bits per heavy atom. The topological polar surface area (TPSA) is 57.6 Å². The molecule has 0 aliphatic rings. The van der Waals surface area contributed by atoms with E-state index >= 15 is 0 Å². The summed E-state index contributed by atoms with van der Waals surface area (Å²) in [5.41, 5.74) is 0. The molecule has 0 aromatic heterocycles. The molecule has 0 saturated heterocycles. The Morgan fingerprint density at radius 2 is 0.862 bits per heavy atom. The lowest BCUT2D eigenvalue weighted by molar-refractivity contribution is -0.870. The van der Waals surface area contributed by atoms with Crippen LogP contribution < -0.4 is 0 Å². The van der Waals surface area contributed by atoms with Crippen LogP contribution in [0.2, 0.25) is 0 Å². The van der Waals surface area contributed by atoms with Crippen molar-refractivity contribution in [3.05, 3.63) is 0 Å². The monoisotopic (exact) mass is 439 g/mol. The van der Waals surface area contributed by atoms with Gasteiger partial charge in [-0.2, -0.15) is 8.42 Å². The Bertz CT molecular complexity index is 394. The van der Waals surface area contributed by atoms with Gasteiger partial charge in [0, 0.05) is 0 Å². The first-order valence-electron chi connectivity index (χ1n) is 11.6. The summed E-state index contributed by atoms with van der Waals surface area (Å²) < 4.78 is 27.0. The second-order valence-electron chi connectivity index (χ2n) is 9.68. The third kappa shape index (κ3) is 65.6. The number of hydrogen-bond acceptors (Lipinski definition) is 3. The molecule has 0 spiro atoms. The zero-order chi connectivity index (χ0) is 23.2. The summed E-state index contributed by atoms with van der Waals surface area (Å²) in [6, 6.07) is 0. The molecule has 0 unspecified atom stereocenters. The van der Waals surface area contributed by atoms with Gasteiger partial charge in [0.15, 0.2) is 0 Å². The number of rotatable bonds is 15. The molecule has 6 heteroatoms. The maximum atomic E-state index is 9.19. The van der Waals surface area contributed by atoms with Gasteiger partial charge in [-0.05, 0) is 34.0 Å². The van der Waals surface area contributed by atoms with Crippen molar-refractivity contribution in [1.82, 2.24) is 4.90 Å². The van der Waals surface area contributed by atoms with Gasteiger partial charge in [0.2, 0.25) is 0 Å². The van der Waals surface area contributed by atoms with Gasteiger partial charge in [-0.15, -0.1) is 0 Å². The number of unbranched alkanes of at least 4 members (excludes halogenated alkanes) is 13. The van der Waals surface area contributed by atoms with E-state index in [2.05, 4.69) is 28.1 Å². The fourth-order valence-electron chi connectivity index (χ4n) is 2.78. The second-order valence-corrected chi connectivity index (χ2v) is 11.2. The van der Waals surface area contributed by atoms with Crippen molar-refractivity contribution < 1.29 is 17.5 Å². The highest BCUT2D eigenvalue weighted by Crippen LogP contribution is 2.13. The maximum Gasteiger partial charge on any atom is 0.261 e. The summed E-state index contributed by atoms with van der Waals surface area (Å²) in [6.07, 6.45) is 21.1. The summed E-state index contributed by atoms with van der Waals surface area (Å²) in [5, 5.41) is 0. The molecule has 0 aliphatic carbocycles. The molecule has 0 fully saturated rings. The van der Waals surface area contributed by atoms with E-state index in [1.165, 1.54) is 96.4 Å². The summed E-state index contributed by atoms with van der Waals surface area (Å²) in [4.78, 5) is 2.00. The van der Waals surface area contributed by atoms with Crippen LogP contribution in [-0.4, -0.2) is 77.4 Å². The van der Waals surface area contributed by atoms with E-state index in [4.69, 9.17) is 4.55 Å². The number of nitrogens with zero attached hydrogens (tertiary/aromatic N) is 2. The average molecular weight is 440 g/mol. The first kappa shape index (κ1) is 33.5. The quantitative estimate of drug-likeness (QED) is 0.197. The highest BCUT2D eigenvalue weighted by atomic mass is 32.2. The highest BCUT2D eigenvalue weighted by Gasteiger charge is 2.04. The van der Waals surface area contributed by atoms with E-state index in [0.717, 1.165) is 4.48 Å². The molecule has 0 heterocycles. The van der Waals surface area contributed by atoms with Gasteiger partial charge in [-0.3, -0.25) is 4.55 Å².